The summed E-state index contributed by atoms with van der Waals surface area (Å²) in [5.74, 6) is -1.89. The lowest BCUT2D eigenvalue weighted by molar-refractivity contribution is -0.140. The van der Waals surface area contributed by atoms with Crippen LogP contribution in [0.15, 0.2) is 71.4 Å². The number of fused-ring (bicyclic) bond motifs is 2. The van der Waals surface area contributed by atoms with E-state index in [4.69, 9.17) is 21.9 Å². The Morgan fingerprint density at radius 3 is 2.42 bits per heavy atom. The number of anilines is 1. The van der Waals surface area contributed by atoms with Gasteiger partial charge in [-0.15, -0.1) is 0 Å². The summed E-state index contributed by atoms with van der Waals surface area (Å²) in [6.45, 7) is 0. The van der Waals surface area contributed by atoms with Crippen molar-refractivity contribution in [3.8, 4) is 27.9 Å². The average Bonchev–Trinajstić information content (AvgIpc) is 3.46. The molecule has 12 heteroatoms. The van der Waals surface area contributed by atoms with Crippen molar-refractivity contribution in [1.82, 2.24) is 19.9 Å². The van der Waals surface area contributed by atoms with Gasteiger partial charge in [0.25, 0.3) is 0 Å². The molecule has 190 valence electrons. The standard InChI is InChI=1S/C26H13ClF5N5O/c27-24-14(2-1-9-34-24)12-3-5-15(19(28)10-12)16-6-7-17-22(21(16)29)37(35-23(17)26(30,31)32)13-4-8-20-18(11-13)25(33)36-38-20/h1-11H,(H2,33,36). The fraction of sp³-hybridized carbons (Fsp3) is 0.0385. The summed E-state index contributed by atoms with van der Waals surface area (Å²) < 4.78 is 78.7. The minimum absolute atomic E-state index is 0.00592. The highest BCUT2D eigenvalue weighted by molar-refractivity contribution is 6.32. The number of hydrogen-bond acceptors (Lipinski definition) is 5. The van der Waals surface area contributed by atoms with Crippen LogP contribution in [0.5, 0.6) is 0 Å². The van der Waals surface area contributed by atoms with Gasteiger partial charge in [-0.1, -0.05) is 35.0 Å². The van der Waals surface area contributed by atoms with Gasteiger partial charge in [0.2, 0.25) is 0 Å². The summed E-state index contributed by atoms with van der Waals surface area (Å²) in [4.78, 5) is 3.96. The largest absolute Gasteiger partial charge is 0.435 e. The van der Waals surface area contributed by atoms with E-state index in [1.54, 1.807) is 12.1 Å². The Hall–Kier alpha value is -4.51. The Labute approximate surface area is 215 Å². The van der Waals surface area contributed by atoms with Crippen LogP contribution in [-0.4, -0.2) is 19.9 Å². The molecule has 0 amide bonds. The van der Waals surface area contributed by atoms with Gasteiger partial charge >= 0.3 is 6.18 Å². The van der Waals surface area contributed by atoms with E-state index in [-0.39, 0.29) is 33.4 Å². The first-order valence-electron chi connectivity index (χ1n) is 11.0. The van der Waals surface area contributed by atoms with Crippen LogP contribution in [0, 0.1) is 11.6 Å². The molecule has 2 N–H and O–H groups in total. The van der Waals surface area contributed by atoms with E-state index >= 15 is 8.78 Å². The quantitative estimate of drug-likeness (QED) is 0.186. The van der Waals surface area contributed by atoms with E-state index in [2.05, 4.69) is 15.2 Å². The zero-order valence-electron chi connectivity index (χ0n) is 18.9. The molecule has 6 rings (SSSR count). The van der Waals surface area contributed by atoms with Gasteiger partial charge in [-0.25, -0.2) is 18.4 Å². The Morgan fingerprint density at radius 1 is 0.895 bits per heavy atom. The topological polar surface area (TPSA) is 82.8 Å². The molecule has 0 spiro atoms. The third-order valence-corrected chi connectivity index (χ3v) is 6.41. The SMILES string of the molecule is Nc1noc2ccc(-n3nc(C(F)(F)F)c4ccc(-c5ccc(-c6cccnc6Cl)cc5F)c(F)c43)cc12. The summed E-state index contributed by atoms with van der Waals surface area (Å²) in [5.41, 5.74) is 4.82. The van der Waals surface area contributed by atoms with Gasteiger partial charge in [0.15, 0.2) is 22.9 Å². The van der Waals surface area contributed by atoms with Gasteiger partial charge in [-0.05, 0) is 48.0 Å². The third kappa shape index (κ3) is 3.74. The van der Waals surface area contributed by atoms with Crippen molar-refractivity contribution < 1.29 is 26.5 Å². The smallest absolute Gasteiger partial charge is 0.380 e. The molecule has 0 atom stereocenters. The van der Waals surface area contributed by atoms with Crippen LogP contribution in [0.3, 0.4) is 0 Å². The third-order valence-electron chi connectivity index (χ3n) is 6.11. The van der Waals surface area contributed by atoms with Gasteiger partial charge < -0.3 is 10.3 Å². The second kappa shape index (κ2) is 8.52. The molecule has 3 aromatic carbocycles. The van der Waals surface area contributed by atoms with Crippen LogP contribution in [-0.2, 0) is 6.18 Å². The van der Waals surface area contributed by atoms with Crippen LogP contribution < -0.4 is 5.73 Å². The second-order valence-corrected chi connectivity index (χ2v) is 8.72. The Balaban J connectivity index is 1.57. The van der Waals surface area contributed by atoms with Gasteiger partial charge in [-0.2, -0.15) is 18.3 Å². The molecular formula is C26H13ClF5N5O. The van der Waals surface area contributed by atoms with Crippen molar-refractivity contribution in [3.05, 3.63) is 89.3 Å². The Bertz CT molecular complexity index is 1880. The lowest BCUT2D eigenvalue weighted by atomic mass is 9.98. The van der Waals surface area contributed by atoms with Crippen molar-refractivity contribution in [2.24, 2.45) is 0 Å². The second-order valence-electron chi connectivity index (χ2n) is 8.37. The number of rotatable bonds is 3. The van der Waals surface area contributed by atoms with Crippen LogP contribution in [0.1, 0.15) is 5.69 Å². The van der Waals surface area contributed by atoms with Gasteiger partial charge in [0.05, 0.1) is 11.1 Å². The van der Waals surface area contributed by atoms with Crippen molar-refractivity contribution in [2.75, 3.05) is 5.73 Å². The molecule has 0 bridgehead atoms. The minimum atomic E-state index is -4.88. The molecule has 3 heterocycles. The first-order chi connectivity index (χ1) is 18.1. The van der Waals surface area contributed by atoms with Crippen LogP contribution in [0.25, 0.3) is 49.8 Å². The number of hydrogen-bond donors (Lipinski definition) is 1. The van der Waals surface area contributed by atoms with E-state index in [1.807, 2.05) is 0 Å². The summed E-state index contributed by atoms with van der Waals surface area (Å²) >= 11 is 6.10. The predicted molar refractivity (Wildman–Crippen MR) is 132 cm³/mol. The van der Waals surface area contributed by atoms with Crippen LogP contribution in [0.2, 0.25) is 5.15 Å². The lowest BCUT2D eigenvalue weighted by Crippen LogP contribution is -2.07. The van der Waals surface area contributed by atoms with Gasteiger partial charge in [0.1, 0.15) is 16.5 Å². The molecule has 0 fully saturated rings. The maximum absolute atomic E-state index is 16.0. The van der Waals surface area contributed by atoms with Crippen LogP contribution in [0.4, 0.5) is 27.8 Å². The van der Waals surface area contributed by atoms with Crippen molar-refractivity contribution >= 4 is 39.3 Å². The molecule has 3 aromatic heterocycles. The molecule has 0 saturated carbocycles. The van der Waals surface area contributed by atoms with Crippen molar-refractivity contribution in [2.45, 2.75) is 6.18 Å². The maximum atomic E-state index is 16.0. The number of halogens is 6. The van der Waals surface area contributed by atoms with E-state index in [9.17, 15) is 13.2 Å². The summed E-state index contributed by atoms with van der Waals surface area (Å²) in [7, 11) is 0. The molecule has 0 saturated heterocycles. The van der Waals surface area contributed by atoms with Crippen LogP contribution >= 0.6 is 11.6 Å². The number of nitrogens with zero attached hydrogens (tertiary/aromatic N) is 4. The molecule has 0 aliphatic rings. The molecule has 6 nitrogen and oxygen atoms in total. The van der Waals surface area contributed by atoms with Crippen molar-refractivity contribution in [1.29, 1.82) is 0 Å². The zero-order chi connectivity index (χ0) is 26.8. The average molecular weight is 542 g/mol. The Kier molecular flexibility index (Phi) is 5.35. The molecule has 0 aliphatic heterocycles. The van der Waals surface area contributed by atoms with E-state index in [1.165, 1.54) is 36.5 Å². The van der Waals surface area contributed by atoms with Gasteiger partial charge in [0, 0.05) is 28.3 Å². The molecular weight excluding hydrogens is 529 g/mol. The minimum Gasteiger partial charge on any atom is -0.380 e. The lowest BCUT2D eigenvalue weighted by Gasteiger charge is -2.11. The van der Waals surface area contributed by atoms with Gasteiger partial charge in [-0.3, -0.25) is 0 Å². The normalized spacial score (nSPS) is 12.1. The number of alkyl halides is 3. The molecule has 0 aliphatic carbocycles. The van der Waals surface area contributed by atoms with E-state index in [0.717, 1.165) is 22.9 Å². The van der Waals surface area contributed by atoms with E-state index in [0.29, 0.717) is 16.5 Å². The van der Waals surface area contributed by atoms with Crippen molar-refractivity contribution in [3.63, 3.8) is 0 Å². The number of nitrogens with two attached hydrogens (primary N) is 1. The Morgan fingerprint density at radius 2 is 1.68 bits per heavy atom. The highest BCUT2D eigenvalue weighted by atomic mass is 35.5. The first kappa shape index (κ1) is 23.9. The summed E-state index contributed by atoms with van der Waals surface area (Å²) in [6.07, 6.45) is -3.40. The monoisotopic (exact) mass is 541 g/mol. The number of aromatic nitrogens is 4. The summed E-state index contributed by atoms with van der Waals surface area (Å²) in [5, 5.41) is 7.27. The molecule has 6 aromatic rings. The highest BCUT2D eigenvalue weighted by Crippen LogP contribution is 2.40. The molecule has 38 heavy (non-hydrogen) atoms. The highest BCUT2D eigenvalue weighted by Gasteiger charge is 2.38. The van der Waals surface area contributed by atoms with E-state index < -0.39 is 34.4 Å². The summed E-state index contributed by atoms with van der Waals surface area (Å²) in [6, 6.07) is 13.6. The number of nitrogen functional groups attached to an aromatic ring is 1. The maximum Gasteiger partial charge on any atom is 0.435 e. The number of pyridine rings is 1. The first-order valence-corrected chi connectivity index (χ1v) is 11.4. The number of benzene rings is 3. The molecule has 0 radical (unpaired) electrons. The predicted octanol–water partition coefficient (Wildman–Crippen LogP) is 7.43. The molecule has 0 unspecified atom stereocenters. The fourth-order valence-electron chi connectivity index (χ4n) is 4.35. The fourth-order valence-corrected chi connectivity index (χ4v) is 4.58. The zero-order valence-corrected chi connectivity index (χ0v) is 19.6.